The number of nitrogens with one attached hydrogen (secondary N) is 1. The molecule has 0 spiro atoms. The van der Waals surface area contributed by atoms with Gasteiger partial charge in [0.05, 0.1) is 6.61 Å². The topological polar surface area (TPSA) is 21.3 Å². The second kappa shape index (κ2) is 9.80. The lowest BCUT2D eigenvalue weighted by molar-refractivity contribution is 0.0820. The van der Waals surface area contributed by atoms with Crippen LogP contribution in [0.4, 0.5) is 0 Å². The molecular formula is C16H33NO. The van der Waals surface area contributed by atoms with Gasteiger partial charge in [0.25, 0.3) is 0 Å². The molecule has 2 nitrogen and oxygen atoms in total. The largest absolute Gasteiger partial charge is 0.380 e. The van der Waals surface area contributed by atoms with Crippen molar-refractivity contribution in [2.45, 2.75) is 71.3 Å². The third-order valence-electron chi connectivity index (χ3n) is 4.44. The minimum atomic E-state index is 0.573. The van der Waals surface area contributed by atoms with Gasteiger partial charge in [0, 0.05) is 12.6 Å². The van der Waals surface area contributed by atoms with Crippen molar-refractivity contribution in [2.75, 3.05) is 20.3 Å². The summed E-state index contributed by atoms with van der Waals surface area (Å²) in [5, 5.41) is 3.46. The molecule has 0 aliphatic heterocycles. The van der Waals surface area contributed by atoms with Crippen LogP contribution in [0.2, 0.25) is 0 Å². The van der Waals surface area contributed by atoms with E-state index >= 15 is 0 Å². The van der Waals surface area contributed by atoms with Crippen molar-refractivity contribution in [2.24, 2.45) is 11.8 Å². The first-order chi connectivity index (χ1) is 8.81. The third-order valence-corrected chi connectivity index (χ3v) is 4.44. The van der Waals surface area contributed by atoms with Crippen LogP contribution in [0.15, 0.2) is 0 Å². The standard InChI is InChI=1S/C16H33NO/c1-4-6-7-14-8-10-15(11-9-14)16(17-3)13-18-12-5-2/h14-17H,4-13H2,1-3H3. The van der Waals surface area contributed by atoms with Crippen LogP contribution < -0.4 is 5.32 Å². The summed E-state index contributed by atoms with van der Waals surface area (Å²) in [6, 6.07) is 0.573. The summed E-state index contributed by atoms with van der Waals surface area (Å²) in [6.45, 7) is 6.28. The van der Waals surface area contributed by atoms with Gasteiger partial charge in [-0.1, -0.05) is 46.0 Å². The maximum Gasteiger partial charge on any atom is 0.0622 e. The molecule has 0 radical (unpaired) electrons. The van der Waals surface area contributed by atoms with Gasteiger partial charge in [-0.05, 0) is 38.1 Å². The monoisotopic (exact) mass is 255 g/mol. The number of ether oxygens (including phenoxy) is 1. The number of rotatable bonds is 9. The second-order valence-corrected chi connectivity index (χ2v) is 5.89. The normalized spacial score (nSPS) is 26.2. The van der Waals surface area contributed by atoms with Crippen LogP contribution in [0.5, 0.6) is 0 Å². The molecule has 1 atom stereocenters. The summed E-state index contributed by atoms with van der Waals surface area (Å²) in [7, 11) is 2.09. The summed E-state index contributed by atoms with van der Waals surface area (Å²) >= 11 is 0. The van der Waals surface area contributed by atoms with Crippen LogP contribution in [-0.2, 0) is 4.74 Å². The Morgan fingerprint density at radius 1 is 1.11 bits per heavy atom. The van der Waals surface area contributed by atoms with Gasteiger partial charge >= 0.3 is 0 Å². The first-order valence-corrected chi connectivity index (χ1v) is 8.06. The molecule has 1 N–H and O–H groups in total. The molecule has 2 heteroatoms. The van der Waals surface area contributed by atoms with Crippen LogP contribution in [0.1, 0.15) is 65.2 Å². The lowest BCUT2D eigenvalue weighted by atomic mass is 9.77. The van der Waals surface area contributed by atoms with Crippen LogP contribution in [0, 0.1) is 11.8 Å². The average Bonchev–Trinajstić information content (AvgIpc) is 2.42. The molecule has 18 heavy (non-hydrogen) atoms. The summed E-state index contributed by atoms with van der Waals surface area (Å²) in [5.41, 5.74) is 0. The van der Waals surface area contributed by atoms with E-state index in [1.165, 1.54) is 44.9 Å². The first kappa shape index (κ1) is 16.0. The summed E-state index contributed by atoms with van der Waals surface area (Å²) in [4.78, 5) is 0. The molecule has 1 aliphatic carbocycles. The van der Waals surface area contributed by atoms with Crippen molar-refractivity contribution in [1.29, 1.82) is 0 Å². The van der Waals surface area contributed by atoms with Crippen LogP contribution >= 0.6 is 0 Å². The van der Waals surface area contributed by atoms with Gasteiger partial charge in [-0.25, -0.2) is 0 Å². The van der Waals surface area contributed by atoms with Crippen molar-refractivity contribution in [3.63, 3.8) is 0 Å². The van der Waals surface area contributed by atoms with Crippen molar-refractivity contribution in [3.05, 3.63) is 0 Å². The molecule has 0 heterocycles. The SMILES string of the molecule is CCCCC1CCC(C(COCCC)NC)CC1. The number of likely N-dealkylation sites (N-methyl/N-ethyl adjacent to an activating group) is 1. The predicted molar refractivity (Wildman–Crippen MR) is 78.9 cm³/mol. The Bertz CT molecular complexity index is 188. The summed E-state index contributed by atoms with van der Waals surface area (Å²) in [6.07, 6.45) is 11.0. The molecule has 0 aromatic carbocycles. The van der Waals surface area contributed by atoms with E-state index in [-0.39, 0.29) is 0 Å². The highest BCUT2D eigenvalue weighted by molar-refractivity contribution is 4.81. The third kappa shape index (κ3) is 5.71. The Kier molecular flexibility index (Phi) is 8.70. The van der Waals surface area contributed by atoms with Crippen LogP contribution in [-0.4, -0.2) is 26.3 Å². The van der Waals surface area contributed by atoms with E-state index in [0.29, 0.717) is 6.04 Å². The van der Waals surface area contributed by atoms with Crippen LogP contribution in [0.3, 0.4) is 0 Å². The van der Waals surface area contributed by atoms with Crippen molar-refractivity contribution in [3.8, 4) is 0 Å². The summed E-state index contributed by atoms with van der Waals surface area (Å²) in [5.74, 6) is 1.85. The molecule has 1 aliphatic rings. The lowest BCUT2D eigenvalue weighted by Crippen LogP contribution is -2.39. The first-order valence-electron chi connectivity index (χ1n) is 8.06. The molecular weight excluding hydrogens is 222 g/mol. The fourth-order valence-electron chi connectivity index (χ4n) is 3.18. The Labute approximate surface area is 114 Å². The molecule has 0 aromatic heterocycles. The quantitative estimate of drug-likeness (QED) is 0.629. The van der Waals surface area contributed by atoms with Crippen molar-refractivity contribution in [1.82, 2.24) is 5.32 Å². The molecule has 0 bridgehead atoms. The molecule has 1 unspecified atom stereocenters. The van der Waals surface area contributed by atoms with Gasteiger partial charge in [0.2, 0.25) is 0 Å². The number of unbranched alkanes of at least 4 members (excludes halogenated alkanes) is 1. The lowest BCUT2D eigenvalue weighted by Gasteiger charge is -2.33. The highest BCUT2D eigenvalue weighted by Crippen LogP contribution is 2.33. The molecule has 1 fully saturated rings. The minimum absolute atomic E-state index is 0.573. The van der Waals surface area contributed by atoms with E-state index in [9.17, 15) is 0 Å². The predicted octanol–water partition coefficient (Wildman–Crippen LogP) is 4.00. The Balaban J connectivity index is 2.22. The molecule has 0 saturated heterocycles. The van der Waals surface area contributed by atoms with Crippen molar-refractivity contribution < 1.29 is 4.74 Å². The van der Waals surface area contributed by atoms with E-state index in [1.807, 2.05) is 0 Å². The van der Waals surface area contributed by atoms with Crippen LogP contribution in [0.25, 0.3) is 0 Å². The highest BCUT2D eigenvalue weighted by Gasteiger charge is 2.26. The second-order valence-electron chi connectivity index (χ2n) is 5.89. The van der Waals surface area contributed by atoms with E-state index in [2.05, 4.69) is 26.2 Å². The number of hydrogen-bond acceptors (Lipinski definition) is 2. The fourth-order valence-corrected chi connectivity index (χ4v) is 3.18. The average molecular weight is 255 g/mol. The van der Waals surface area contributed by atoms with E-state index < -0.39 is 0 Å². The molecule has 108 valence electrons. The highest BCUT2D eigenvalue weighted by atomic mass is 16.5. The maximum atomic E-state index is 5.72. The smallest absolute Gasteiger partial charge is 0.0622 e. The Hall–Kier alpha value is -0.0800. The summed E-state index contributed by atoms with van der Waals surface area (Å²) < 4.78 is 5.72. The zero-order valence-corrected chi connectivity index (χ0v) is 12.7. The zero-order chi connectivity index (χ0) is 13.2. The van der Waals surface area contributed by atoms with Gasteiger partial charge in [0.15, 0.2) is 0 Å². The molecule has 0 aromatic rings. The fraction of sp³-hybridized carbons (Fsp3) is 1.00. The van der Waals surface area contributed by atoms with Crippen molar-refractivity contribution >= 4 is 0 Å². The number of hydrogen-bond donors (Lipinski definition) is 1. The zero-order valence-electron chi connectivity index (χ0n) is 12.7. The van der Waals surface area contributed by atoms with Gasteiger partial charge in [0.1, 0.15) is 0 Å². The molecule has 1 rings (SSSR count). The maximum absolute atomic E-state index is 5.72. The van der Waals surface area contributed by atoms with E-state index in [4.69, 9.17) is 4.74 Å². The van der Waals surface area contributed by atoms with Gasteiger partial charge < -0.3 is 10.1 Å². The minimum Gasteiger partial charge on any atom is -0.380 e. The van der Waals surface area contributed by atoms with E-state index in [1.54, 1.807) is 0 Å². The van der Waals surface area contributed by atoms with Gasteiger partial charge in [-0.15, -0.1) is 0 Å². The Morgan fingerprint density at radius 3 is 2.39 bits per heavy atom. The molecule has 0 amide bonds. The molecule has 1 saturated carbocycles. The Morgan fingerprint density at radius 2 is 1.83 bits per heavy atom. The van der Waals surface area contributed by atoms with Gasteiger partial charge in [-0.2, -0.15) is 0 Å². The van der Waals surface area contributed by atoms with Gasteiger partial charge in [-0.3, -0.25) is 0 Å². The van der Waals surface area contributed by atoms with E-state index in [0.717, 1.165) is 31.5 Å².